The fraction of sp³-hybridized carbons (Fsp3) is 1.00. The highest BCUT2D eigenvalue weighted by Gasteiger charge is 2.21. The smallest absolute Gasteiger partial charge is 0.267 e. The average Bonchev–Trinajstić information content (AvgIpc) is 1.60. The van der Waals surface area contributed by atoms with Gasteiger partial charge < -0.3 is 0 Å². The Bertz CT molecular complexity index is 182. The van der Waals surface area contributed by atoms with E-state index in [4.69, 9.17) is 0 Å². The van der Waals surface area contributed by atoms with Crippen LogP contribution in [0.2, 0.25) is 0 Å². The summed E-state index contributed by atoms with van der Waals surface area (Å²) in [6.45, 7) is 2.28. The summed E-state index contributed by atoms with van der Waals surface area (Å²) in [6, 6.07) is 0. The Morgan fingerprint density at radius 1 is 1.56 bits per heavy atom. The van der Waals surface area contributed by atoms with Gasteiger partial charge in [0.1, 0.15) is 0 Å². The third-order valence-electron chi connectivity index (χ3n) is 1.36. The first-order chi connectivity index (χ1) is 4.10. The Labute approximate surface area is 55.1 Å². The van der Waals surface area contributed by atoms with Crippen molar-refractivity contribution in [1.29, 1.82) is 0 Å². The van der Waals surface area contributed by atoms with Gasteiger partial charge in [0.05, 0.1) is 12.4 Å². The van der Waals surface area contributed by atoms with Crippen molar-refractivity contribution in [1.82, 2.24) is 0 Å². The summed E-state index contributed by atoms with van der Waals surface area (Å²) in [4.78, 5) is 0. The topological polar surface area (TPSA) is 43.4 Å². The normalized spacial score (nSPS) is 34.1. The molecule has 1 fully saturated rings. The fourth-order valence-corrected chi connectivity index (χ4v) is 2.17. The Morgan fingerprint density at radius 2 is 2.22 bits per heavy atom. The molecule has 0 radical (unpaired) electrons. The summed E-state index contributed by atoms with van der Waals surface area (Å²) in [5, 5.41) is 0. The molecular weight excluding hydrogens is 140 g/mol. The van der Waals surface area contributed by atoms with Gasteiger partial charge in [-0.15, -0.1) is 0 Å². The summed E-state index contributed by atoms with van der Waals surface area (Å²) >= 11 is 0. The molecule has 0 aromatic heterocycles. The molecule has 0 bridgehead atoms. The molecule has 0 N–H and O–H groups in total. The van der Waals surface area contributed by atoms with Crippen LogP contribution in [0.1, 0.15) is 13.3 Å². The third kappa shape index (κ3) is 1.95. The van der Waals surface area contributed by atoms with E-state index >= 15 is 0 Å². The molecule has 0 amide bonds. The first kappa shape index (κ1) is 7.02. The van der Waals surface area contributed by atoms with E-state index in [1.807, 2.05) is 6.92 Å². The van der Waals surface area contributed by atoms with Crippen LogP contribution in [0.5, 0.6) is 0 Å². The molecular formula is C5H10O3S. The van der Waals surface area contributed by atoms with Gasteiger partial charge in [-0.2, -0.15) is 8.42 Å². The minimum atomic E-state index is -3.13. The van der Waals surface area contributed by atoms with Gasteiger partial charge in [0.25, 0.3) is 10.1 Å². The van der Waals surface area contributed by atoms with Crippen molar-refractivity contribution in [3.63, 3.8) is 0 Å². The van der Waals surface area contributed by atoms with Crippen LogP contribution in [0.3, 0.4) is 0 Å². The Hall–Kier alpha value is -0.0900. The molecule has 1 aliphatic heterocycles. The minimum Gasteiger partial charge on any atom is -0.270 e. The summed E-state index contributed by atoms with van der Waals surface area (Å²) in [7, 11) is -3.13. The highest BCUT2D eigenvalue weighted by Crippen LogP contribution is 2.13. The zero-order valence-corrected chi connectivity index (χ0v) is 6.15. The molecule has 1 rings (SSSR count). The van der Waals surface area contributed by atoms with Gasteiger partial charge in [0, 0.05) is 0 Å². The maximum absolute atomic E-state index is 10.6. The van der Waals surface area contributed by atoms with Crippen molar-refractivity contribution in [2.45, 2.75) is 13.3 Å². The monoisotopic (exact) mass is 150 g/mol. The average molecular weight is 150 g/mol. The second-order valence-corrected chi connectivity index (χ2v) is 4.12. The SMILES string of the molecule is C[C@@H]1CCOS(=O)(=O)C1. The lowest BCUT2D eigenvalue weighted by Gasteiger charge is -2.16. The second kappa shape index (κ2) is 2.27. The van der Waals surface area contributed by atoms with Crippen molar-refractivity contribution >= 4 is 10.1 Å². The second-order valence-electron chi connectivity index (χ2n) is 2.44. The molecule has 9 heavy (non-hydrogen) atoms. The van der Waals surface area contributed by atoms with Crippen LogP contribution in [0.15, 0.2) is 0 Å². The van der Waals surface area contributed by atoms with E-state index in [1.165, 1.54) is 0 Å². The number of hydrogen-bond acceptors (Lipinski definition) is 3. The first-order valence-corrected chi connectivity index (χ1v) is 4.55. The van der Waals surface area contributed by atoms with Crippen LogP contribution in [0.25, 0.3) is 0 Å². The molecule has 4 heteroatoms. The molecule has 0 aliphatic carbocycles. The summed E-state index contributed by atoms with van der Waals surface area (Å²) in [5.41, 5.74) is 0. The van der Waals surface area contributed by atoms with Crippen LogP contribution in [0.4, 0.5) is 0 Å². The van der Waals surface area contributed by atoms with Crippen LogP contribution in [0, 0.1) is 5.92 Å². The highest BCUT2D eigenvalue weighted by atomic mass is 32.2. The minimum absolute atomic E-state index is 0.188. The molecule has 0 aromatic rings. The first-order valence-electron chi connectivity index (χ1n) is 2.97. The van der Waals surface area contributed by atoms with E-state index in [1.54, 1.807) is 0 Å². The predicted molar refractivity (Wildman–Crippen MR) is 33.5 cm³/mol. The van der Waals surface area contributed by atoms with Crippen molar-refractivity contribution in [3.8, 4) is 0 Å². The summed E-state index contributed by atoms with van der Waals surface area (Å²) in [6.07, 6.45) is 0.860. The number of rotatable bonds is 0. The van der Waals surface area contributed by atoms with Gasteiger partial charge in [-0.3, -0.25) is 4.18 Å². The largest absolute Gasteiger partial charge is 0.270 e. The lowest BCUT2D eigenvalue weighted by Crippen LogP contribution is -2.24. The molecule has 54 valence electrons. The third-order valence-corrected chi connectivity index (χ3v) is 2.87. The van der Waals surface area contributed by atoms with Crippen LogP contribution in [-0.4, -0.2) is 20.8 Å². The molecule has 1 atom stereocenters. The molecule has 1 heterocycles. The summed E-state index contributed by atoms with van der Waals surface area (Å²) in [5.74, 6) is 0.455. The van der Waals surface area contributed by atoms with E-state index in [0.717, 1.165) is 6.42 Å². The van der Waals surface area contributed by atoms with Crippen LogP contribution < -0.4 is 0 Å². The maximum atomic E-state index is 10.6. The fourth-order valence-electron chi connectivity index (χ4n) is 0.856. The molecule has 0 aromatic carbocycles. The Morgan fingerprint density at radius 3 is 2.56 bits per heavy atom. The molecule has 0 unspecified atom stereocenters. The lowest BCUT2D eigenvalue weighted by atomic mass is 10.1. The Balaban J connectivity index is 2.62. The van der Waals surface area contributed by atoms with E-state index in [9.17, 15) is 8.42 Å². The van der Waals surface area contributed by atoms with Gasteiger partial charge >= 0.3 is 0 Å². The summed E-state index contributed by atoms with van der Waals surface area (Å²) < 4.78 is 25.8. The quantitative estimate of drug-likeness (QED) is 0.469. The molecule has 0 saturated carbocycles. The van der Waals surface area contributed by atoms with Gasteiger partial charge in [-0.25, -0.2) is 0 Å². The Kier molecular flexibility index (Phi) is 1.77. The van der Waals surface area contributed by atoms with Crippen LogP contribution >= 0.6 is 0 Å². The van der Waals surface area contributed by atoms with Gasteiger partial charge in [0.15, 0.2) is 0 Å². The van der Waals surface area contributed by atoms with Crippen molar-refractivity contribution in [3.05, 3.63) is 0 Å². The zero-order chi connectivity index (χ0) is 6.91. The van der Waals surface area contributed by atoms with E-state index in [2.05, 4.69) is 4.18 Å². The van der Waals surface area contributed by atoms with Crippen molar-refractivity contribution in [2.75, 3.05) is 12.4 Å². The van der Waals surface area contributed by atoms with E-state index < -0.39 is 10.1 Å². The van der Waals surface area contributed by atoms with Crippen molar-refractivity contribution < 1.29 is 12.6 Å². The lowest BCUT2D eigenvalue weighted by molar-refractivity contribution is 0.264. The van der Waals surface area contributed by atoms with Gasteiger partial charge in [-0.1, -0.05) is 6.92 Å². The highest BCUT2D eigenvalue weighted by molar-refractivity contribution is 7.86. The predicted octanol–water partition coefficient (Wildman–Crippen LogP) is 0.373. The number of hydrogen-bond donors (Lipinski definition) is 0. The van der Waals surface area contributed by atoms with Crippen LogP contribution in [-0.2, 0) is 14.3 Å². The maximum Gasteiger partial charge on any atom is 0.267 e. The van der Waals surface area contributed by atoms with Gasteiger partial charge in [-0.05, 0) is 12.3 Å². The molecule has 1 saturated heterocycles. The van der Waals surface area contributed by atoms with Gasteiger partial charge in [0.2, 0.25) is 0 Å². The molecule has 0 spiro atoms. The van der Waals surface area contributed by atoms with Crippen molar-refractivity contribution in [2.24, 2.45) is 5.92 Å². The zero-order valence-electron chi connectivity index (χ0n) is 5.33. The van der Waals surface area contributed by atoms with E-state index in [0.29, 0.717) is 6.61 Å². The molecule has 3 nitrogen and oxygen atoms in total. The van der Waals surface area contributed by atoms with E-state index in [-0.39, 0.29) is 11.7 Å². The standard InChI is InChI=1S/C5H10O3S/c1-5-2-3-8-9(6,7)4-5/h5H,2-4H2,1H3/t5-/m1/s1. The molecule has 1 aliphatic rings.